The highest BCUT2D eigenvalue weighted by atomic mass is 16.5. The van der Waals surface area contributed by atoms with Gasteiger partial charge in [0.25, 0.3) is 5.91 Å². The SMILES string of the molecule is CCOc1ccc2[nH]cc(C(=O)NCc3cccc(Cn4ccnc4)c3)c(=O)c2c1. The van der Waals surface area contributed by atoms with E-state index in [9.17, 15) is 9.59 Å². The van der Waals surface area contributed by atoms with Crippen LogP contribution in [0.1, 0.15) is 28.4 Å². The van der Waals surface area contributed by atoms with E-state index in [0.29, 0.717) is 36.3 Å². The van der Waals surface area contributed by atoms with E-state index in [1.165, 1.54) is 6.20 Å². The van der Waals surface area contributed by atoms with Gasteiger partial charge in [-0.05, 0) is 36.2 Å². The Morgan fingerprint density at radius 3 is 2.87 bits per heavy atom. The summed E-state index contributed by atoms with van der Waals surface area (Å²) in [4.78, 5) is 32.5. The Hall–Kier alpha value is -3.87. The summed E-state index contributed by atoms with van der Waals surface area (Å²) in [7, 11) is 0. The van der Waals surface area contributed by atoms with Crippen LogP contribution < -0.4 is 15.5 Å². The number of aromatic nitrogens is 3. The first-order chi connectivity index (χ1) is 14.6. The number of benzene rings is 2. The second-order valence-electron chi connectivity index (χ2n) is 6.91. The summed E-state index contributed by atoms with van der Waals surface area (Å²) < 4.78 is 7.44. The highest BCUT2D eigenvalue weighted by Crippen LogP contribution is 2.17. The molecule has 4 aromatic rings. The van der Waals surface area contributed by atoms with Crippen LogP contribution in [0.25, 0.3) is 10.9 Å². The molecule has 2 heterocycles. The molecule has 0 saturated heterocycles. The minimum atomic E-state index is -0.417. The van der Waals surface area contributed by atoms with Gasteiger partial charge in [-0.3, -0.25) is 9.59 Å². The van der Waals surface area contributed by atoms with Gasteiger partial charge in [0.05, 0.1) is 12.9 Å². The zero-order chi connectivity index (χ0) is 20.9. The summed E-state index contributed by atoms with van der Waals surface area (Å²) in [6, 6.07) is 13.2. The molecule has 0 bridgehead atoms. The van der Waals surface area contributed by atoms with Crippen LogP contribution in [0, 0.1) is 0 Å². The van der Waals surface area contributed by atoms with Crippen molar-refractivity contribution in [1.29, 1.82) is 0 Å². The Labute approximate surface area is 173 Å². The van der Waals surface area contributed by atoms with E-state index >= 15 is 0 Å². The molecule has 2 aromatic carbocycles. The van der Waals surface area contributed by atoms with Crippen molar-refractivity contribution in [3.05, 3.63) is 94.3 Å². The summed E-state index contributed by atoms with van der Waals surface area (Å²) >= 11 is 0. The van der Waals surface area contributed by atoms with Gasteiger partial charge < -0.3 is 19.6 Å². The van der Waals surface area contributed by atoms with Gasteiger partial charge in [-0.2, -0.15) is 0 Å². The number of H-pyrrole nitrogens is 1. The molecule has 0 aliphatic heterocycles. The standard InChI is InChI=1S/C23H22N4O3/c1-2-30-18-6-7-21-19(11-18)22(28)20(13-25-21)23(29)26-12-16-4-3-5-17(10-16)14-27-9-8-24-15-27/h3-11,13,15H,2,12,14H2,1H3,(H,25,28)(H,26,29). The van der Waals surface area contributed by atoms with Crippen molar-refractivity contribution in [2.24, 2.45) is 0 Å². The van der Waals surface area contributed by atoms with Crippen molar-refractivity contribution >= 4 is 16.8 Å². The normalized spacial score (nSPS) is 10.8. The second-order valence-corrected chi connectivity index (χ2v) is 6.91. The van der Waals surface area contributed by atoms with Crippen LogP contribution in [0.15, 0.2) is 72.2 Å². The highest BCUT2D eigenvalue weighted by Gasteiger charge is 2.13. The van der Waals surface area contributed by atoms with E-state index in [-0.39, 0.29) is 11.0 Å². The van der Waals surface area contributed by atoms with E-state index < -0.39 is 5.91 Å². The van der Waals surface area contributed by atoms with Gasteiger partial charge in [-0.1, -0.05) is 24.3 Å². The lowest BCUT2D eigenvalue weighted by Gasteiger charge is -2.09. The first kappa shape index (κ1) is 19.4. The van der Waals surface area contributed by atoms with Crippen molar-refractivity contribution in [1.82, 2.24) is 19.9 Å². The van der Waals surface area contributed by atoms with Crippen molar-refractivity contribution in [2.75, 3.05) is 6.61 Å². The third kappa shape index (κ3) is 4.25. The van der Waals surface area contributed by atoms with E-state index in [4.69, 9.17) is 4.74 Å². The maximum Gasteiger partial charge on any atom is 0.257 e. The smallest absolute Gasteiger partial charge is 0.257 e. The lowest BCUT2D eigenvalue weighted by Crippen LogP contribution is -2.28. The predicted molar refractivity (Wildman–Crippen MR) is 115 cm³/mol. The first-order valence-electron chi connectivity index (χ1n) is 9.74. The molecule has 0 fully saturated rings. The number of hydrogen-bond donors (Lipinski definition) is 2. The minimum absolute atomic E-state index is 0.0747. The van der Waals surface area contributed by atoms with Gasteiger partial charge >= 0.3 is 0 Å². The molecule has 30 heavy (non-hydrogen) atoms. The molecule has 0 radical (unpaired) electrons. The predicted octanol–water partition coefficient (Wildman–Crippen LogP) is 3.10. The Morgan fingerprint density at radius 2 is 2.07 bits per heavy atom. The zero-order valence-electron chi connectivity index (χ0n) is 16.6. The number of amides is 1. The van der Waals surface area contributed by atoms with Crippen LogP contribution in [-0.2, 0) is 13.1 Å². The van der Waals surface area contributed by atoms with Crippen molar-refractivity contribution < 1.29 is 9.53 Å². The zero-order valence-corrected chi connectivity index (χ0v) is 16.6. The molecule has 7 heteroatoms. The van der Waals surface area contributed by atoms with Crippen LogP contribution in [-0.4, -0.2) is 27.0 Å². The average Bonchev–Trinajstić information content (AvgIpc) is 3.26. The van der Waals surface area contributed by atoms with E-state index in [2.05, 4.69) is 15.3 Å². The van der Waals surface area contributed by atoms with Crippen LogP contribution in [0.2, 0.25) is 0 Å². The summed E-state index contributed by atoms with van der Waals surface area (Å²) in [5.41, 5.74) is 2.47. The summed E-state index contributed by atoms with van der Waals surface area (Å²) in [6.07, 6.45) is 6.85. The van der Waals surface area contributed by atoms with Crippen molar-refractivity contribution in [3.63, 3.8) is 0 Å². The van der Waals surface area contributed by atoms with Crippen LogP contribution >= 0.6 is 0 Å². The fraction of sp³-hybridized carbons (Fsp3) is 0.174. The number of carbonyl (C=O) groups excluding carboxylic acids is 1. The number of fused-ring (bicyclic) bond motifs is 1. The lowest BCUT2D eigenvalue weighted by atomic mass is 10.1. The van der Waals surface area contributed by atoms with Crippen molar-refractivity contribution in [2.45, 2.75) is 20.0 Å². The third-order valence-corrected chi connectivity index (χ3v) is 4.78. The highest BCUT2D eigenvalue weighted by molar-refractivity contribution is 5.97. The molecule has 1 amide bonds. The number of imidazole rings is 1. The van der Waals surface area contributed by atoms with E-state index in [1.807, 2.05) is 42.0 Å². The van der Waals surface area contributed by atoms with Crippen LogP contribution in [0.3, 0.4) is 0 Å². The second kappa shape index (κ2) is 8.65. The first-order valence-corrected chi connectivity index (χ1v) is 9.74. The minimum Gasteiger partial charge on any atom is -0.494 e. The molecule has 0 saturated carbocycles. The molecular formula is C23H22N4O3. The van der Waals surface area contributed by atoms with E-state index in [0.717, 1.165) is 11.1 Å². The van der Waals surface area contributed by atoms with Gasteiger partial charge in [-0.25, -0.2) is 4.98 Å². The van der Waals surface area contributed by atoms with Gasteiger partial charge in [0, 0.05) is 42.6 Å². The summed E-state index contributed by atoms with van der Waals surface area (Å²) in [5.74, 6) is 0.183. The number of carbonyl (C=O) groups is 1. The molecule has 7 nitrogen and oxygen atoms in total. The molecule has 0 atom stereocenters. The Balaban J connectivity index is 1.49. The Morgan fingerprint density at radius 1 is 1.20 bits per heavy atom. The third-order valence-electron chi connectivity index (χ3n) is 4.78. The fourth-order valence-corrected chi connectivity index (χ4v) is 3.33. The van der Waals surface area contributed by atoms with Gasteiger partial charge in [0.1, 0.15) is 11.3 Å². The molecule has 2 N–H and O–H groups in total. The molecule has 0 spiro atoms. The molecular weight excluding hydrogens is 380 g/mol. The number of hydrogen-bond acceptors (Lipinski definition) is 4. The van der Waals surface area contributed by atoms with Crippen molar-refractivity contribution in [3.8, 4) is 5.75 Å². The van der Waals surface area contributed by atoms with Crippen LogP contribution in [0.5, 0.6) is 5.75 Å². The topological polar surface area (TPSA) is 89.0 Å². The van der Waals surface area contributed by atoms with Crippen LogP contribution in [0.4, 0.5) is 0 Å². The number of nitrogens with zero attached hydrogens (tertiary/aromatic N) is 2. The number of aromatic amines is 1. The molecule has 152 valence electrons. The summed E-state index contributed by atoms with van der Waals surface area (Å²) in [5, 5.41) is 3.26. The largest absolute Gasteiger partial charge is 0.494 e. The summed E-state index contributed by atoms with van der Waals surface area (Å²) in [6.45, 7) is 3.41. The lowest BCUT2D eigenvalue weighted by molar-refractivity contribution is 0.0949. The molecule has 0 aliphatic carbocycles. The fourth-order valence-electron chi connectivity index (χ4n) is 3.33. The number of rotatable bonds is 7. The molecule has 0 aliphatic rings. The molecule has 0 unspecified atom stereocenters. The Kier molecular flexibility index (Phi) is 5.61. The van der Waals surface area contributed by atoms with E-state index in [1.54, 1.807) is 30.7 Å². The van der Waals surface area contributed by atoms with Gasteiger partial charge in [-0.15, -0.1) is 0 Å². The number of pyridine rings is 1. The maximum absolute atomic E-state index is 12.8. The quantitative estimate of drug-likeness (QED) is 0.497. The van der Waals surface area contributed by atoms with Gasteiger partial charge in [0.15, 0.2) is 0 Å². The molecule has 4 rings (SSSR count). The monoisotopic (exact) mass is 402 g/mol. The molecule has 2 aromatic heterocycles. The Bertz CT molecular complexity index is 1230. The number of ether oxygens (including phenoxy) is 1. The van der Waals surface area contributed by atoms with Gasteiger partial charge in [0.2, 0.25) is 5.43 Å². The average molecular weight is 402 g/mol. The number of nitrogens with one attached hydrogen (secondary N) is 2. The maximum atomic E-state index is 12.8.